The number of nitrogens with zero attached hydrogens (tertiary/aromatic N) is 2. The minimum Gasteiger partial charge on any atom is -0.393 e. The van der Waals surface area contributed by atoms with Gasteiger partial charge in [0.25, 0.3) is 0 Å². The zero-order valence-electron chi connectivity index (χ0n) is 9.70. The first-order valence-corrected chi connectivity index (χ1v) is 5.47. The Balaban J connectivity index is 2.62. The highest BCUT2D eigenvalue weighted by Gasteiger charge is 2.38. The van der Waals surface area contributed by atoms with Crippen LogP contribution >= 0.6 is 0 Å². The maximum absolute atomic E-state index is 10.00. The molecule has 1 aliphatic rings. The predicted molar refractivity (Wildman–Crippen MR) is 57.4 cm³/mol. The van der Waals surface area contributed by atoms with Crippen LogP contribution in [0.2, 0.25) is 0 Å². The largest absolute Gasteiger partial charge is 0.393 e. The fourth-order valence-corrected chi connectivity index (χ4v) is 2.48. The molecule has 3 nitrogen and oxygen atoms in total. The van der Waals surface area contributed by atoms with Crippen LogP contribution < -0.4 is 0 Å². The fraction of sp³-hybridized carbons (Fsp3) is 1.00. The van der Waals surface area contributed by atoms with Crippen molar-refractivity contribution in [1.82, 2.24) is 0 Å². The van der Waals surface area contributed by atoms with Gasteiger partial charge in [-0.15, -0.1) is 0 Å². The average Bonchev–Trinajstić information content (AvgIpc) is 2.02. The molecule has 1 rings (SSSR count). The van der Waals surface area contributed by atoms with Gasteiger partial charge in [-0.3, -0.25) is 0 Å². The summed E-state index contributed by atoms with van der Waals surface area (Å²) in [4.78, 5) is 0. The molecule has 3 heteroatoms. The van der Waals surface area contributed by atoms with Crippen LogP contribution in [-0.2, 0) is 0 Å². The van der Waals surface area contributed by atoms with Crippen LogP contribution in [0.3, 0.4) is 0 Å². The molecular formula is C11H22N2O. The lowest BCUT2D eigenvalue weighted by Crippen LogP contribution is -2.40. The lowest BCUT2D eigenvalue weighted by molar-refractivity contribution is 0.0167. The quantitative estimate of drug-likeness (QED) is 0.681. The molecule has 0 heterocycles. The summed E-state index contributed by atoms with van der Waals surface area (Å²) in [5.41, 5.74) is -0.125. The van der Waals surface area contributed by atoms with Crippen molar-refractivity contribution in [2.75, 3.05) is 7.05 Å². The molecule has 0 aromatic heterocycles. The van der Waals surface area contributed by atoms with E-state index >= 15 is 0 Å². The second kappa shape index (κ2) is 4.39. The molecule has 0 bridgehead atoms. The van der Waals surface area contributed by atoms with Gasteiger partial charge < -0.3 is 5.11 Å². The number of rotatable bonds is 2. The van der Waals surface area contributed by atoms with E-state index in [4.69, 9.17) is 0 Å². The van der Waals surface area contributed by atoms with Crippen LogP contribution in [0.1, 0.15) is 40.0 Å². The van der Waals surface area contributed by atoms with E-state index in [0.717, 1.165) is 19.3 Å². The highest BCUT2D eigenvalue weighted by molar-refractivity contribution is 4.93. The molecule has 0 radical (unpaired) electrons. The summed E-state index contributed by atoms with van der Waals surface area (Å²) >= 11 is 0. The maximum Gasteiger partial charge on any atom is 0.0812 e. The second-order valence-electron chi connectivity index (χ2n) is 5.01. The van der Waals surface area contributed by atoms with Crippen molar-refractivity contribution in [1.29, 1.82) is 0 Å². The number of aliphatic hydroxyl groups is 1. The van der Waals surface area contributed by atoms with Gasteiger partial charge in [0.1, 0.15) is 0 Å². The molecule has 0 aromatic rings. The van der Waals surface area contributed by atoms with Gasteiger partial charge >= 0.3 is 0 Å². The average molecular weight is 198 g/mol. The van der Waals surface area contributed by atoms with E-state index in [1.807, 2.05) is 0 Å². The van der Waals surface area contributed by atoms with Crippen LogP contribution in [0, 0.1) is 11.8 Å². The normalized spacial score (nSPS) is 39.6. The Morgan fingerprint density at radius 2 is 2.07 bits per heavy atom. The summed E-state index contributed by atoms with van der Waals surface area (Å²) in [5.74, 6) is 1.00. The first kappa shape index (κ1) is 11.6. The third-order valence-electron chi connectivity index (χ3n) is 3.36. The lowest BCUT2D eigenvalue weighted by atomic mass is 9.72. The third kappa shape index (κ3) is 2.53. The van der Waals surface area contributed by atoms with Crippen molar-refractivity contribution in [3.05, 3.63) is 0 Å². The van der Waals surface area contributed by atoms with Crippen LogP contribution in [0.4, 0.5) is 0 Å². The Morgan fingerprint density at radius 3 is 2.50 bits per heavy atom. The lowest BCUT2D eigenvalue weighted by Gasteiger charge is -2.39. The van der Waals surface area contributed by atoms with Gasteiger partial charge in [0, 0.05) is 13.5 Å². The Labute approximate surface area is 86.6 Å². The monoisotopic (exact) mass is 198 g/mol. The van der Waals surface area contributed by atoms with E-state index in [1.165, 1.54) is 0 Å². The zero-order chi connectivity index (χ0) is 10.8. The Bertz CT molecular complexity index is 215. The van der Waals surface area contributed by atoms with E-state index in [-0.39, 0.29) is 11.6 Å². The molecule has 0 aliphatic heterocycles. The standard InChI is InChI=1S/C11H22N2O/c1-8(2)9-5-6-11(3,13-12-4)7-10(9)14/h8-10,14H,5-7H2,1-4H3. The second-order valence-corrected chi connectivity index (χ2v) is 5.01. The molecule has 82 valence electrons. The van der Waals surface area contributed by atoms with Crippen LogP contribution in [0.25, 0.3) is 0 Å². The summed E-state index contributed by atoms with van der Waals surface area (Å²) in [6, 6.07) is 0. The van der Waals surface area contributed by atoms with Gasteiger partial charge in [0.15, 0.2) is 0 Å². The summed E-state index contributed by atoms with van der Waals surface area (Å²) < 4.78 is 0. The number of aliphatic hydroxyl groups excluding tert-OH is 1. The van der Waals surface area contributed by atoms with E-state index in [2.05, 4.69) is 31.0 Å². The van der Waals surface area contributed by atoms with Crippen LogP contribution in [0.5, 0.6) is 0 Å². The van der Waals surface area contributed by atoms with Crippen LogP contribution in [0.15, 0.2) is 10.2 Å². The van der Waals surface area contributed by atoms with Gasteiger partial charge in [-0.25, -0.2) is 0 Å². The molecule has 1 fully saturated rings. The first-order chi connectivity index (χ1) is 6.48. The van der Waals surface area contributed by atoms with Crippen molar-refractivity contribution in [3.63, 3.8) is 0 Å². The minimum atomic E-state index is -0.209. The molecule has 0 spiro atoms. The molecule has 1 saturated carbocycles. The number of hydrogen-bond acceptors (Lipinski definition) is 3. The van der Waals surface area contributed by atoms with E-state index in [1.54, 1.807) is 7.05 Å². The zero-order valence-corrected chi connectivity index (χ0v) is 9.70. The fourth-order valence-electron chi connectivity index (χ4n) is 2.48. The topological polar surface area (TPSA) is 45.0 Å². The molecule has 0 aromatic carbocycles. The minimum absolute atomic E-state index is 0.125. The molecule has 0 saturated heterocycles. The Morgan fingerprint density at radius 1 is 1.43 bits per heavy atom. The van der Waals surface area contributed by atoms with Gasteiger partial charge in [0.2, 0.25) is 0 Å². The number of azo groups is 1. The molecule has 14 heavy (non-hydrogen) atoms. The smallest absolute Gasteiger partial charge is 0.0812 e. The van der Waals surface area contributed by atoms with Crippen molar-refractivity contribution in [3.8, 4) is 0 Å². The summed E-state index contributed by atoms with van der Waals surface area (Å²) in [6.07, 6.45) is 2.66. The van der Waals surface area contributed by atoms with E-state index < -0.39 is 0 Å². The molecule has 1 aliphatic carbocycles. The molecular weight excluding hydrogens is 176 g/mol. The molecule has 3 unspecified atom stereocenters. The predicted octanol–water partition coefficient (Wildman–Crippen LogP) is 2.64. The number of hydrogen-bond donors (Lipinski definition) is 1. The summed E-state index contributed by atoms with van der Waals surface area (Å²) in [7, 11) is 1.70. The van der Waals surface area contributed by atoms with Crippen molar-refractivity contribution in [2.45, 2.75) is 51.7 Å². The van der Waals surface area contributed by atoms with Gasteiger partial charge in [-0.1, -0.05) is 13.8 Å². The molecule has 3 atom stereocenters. The van der Waals surface area contributed by atoms with Gasteiger partial charge in [0.05, 0.1) is 11.6 Å². The SMILES string of the molecule is CN=NC1(C)CCC(C(C)C)C(O)C1. The van der Waals surface area contributed by atoms with Gasteiger partial charge in [-0.2, -0.15) is 10.2 Å². The van der Waals surface area contributed by atoms with Gasteiger partial charge in [-0.05, 0) is 31.6 Å². The van der Waals surface area contributed by atoms with Crippen molar-refractivity contribution >= 4 is 0 Å². The molecule has 0 amide bonds. The van der Waals surface area contributed by atoms with E-state index in [9.17, 15) is 5.11 Å². The third-order valence-corrected chi connectivity index (χ3v) is 3.36. The summed E-state index contributed by atoms with van der Waals surface area (Å²) in [6.45, 7) is 6.44. The highest BCUT2D eigenvalue weighted by atomic mass is 16.3. The first-order valence-electron chi connectivity index (χ1n) is 5.47. The Kier molecular flexibility index (Phi) is 3.65. The van der Waals surface area contributed by atoms with Crippen molar-refractivity contribution < 1.29 is 5.11 Å². The van der Waals surface area contributed by atoms with Crippen LogP contribution in [-0.4, -0.2) is 23.8 Å². The van der Waals surface area contributed by atoms with E-state index in [0.29, 0.717) is 11.8 Å². The maximum atomic E-state index is 10.00. The Hall–Kier alpha value is -0.440. The highest BCUT2D eigenvalue weighted by Crippen LogP contribution is 2.38. The summed E-state index contributed by atoms with van der Waals surface area (Å²) in [5, 5.41) is 18.1. The molecule has 1 N–H and O–H groups in total. The van der Waals surface area contributed by atoms with Crippen molar-refractivity contribution in [2.24, 2.45) is 22.1 Å².